The van der Waals surface area contributed by atoms with Crippen LogP contribution in [0.25, 0.3) is 0 Å². The van der Waals surface area contributed by atoms with Crippen molar-refractivity contribution in [3.8, 4) is 0 Å². The number of carbonyl (C=O) groups is 1. The maximum Gasteiger partial charge on any atom is 0.243 e. The molecule has 0 spiro atoms. The van der Waals surface area contributed by atoms with Gasteiger partial charge in [0.05, 0.1) is 17.7 Å². The summed E-state index contributed by atoms with van der Waals surface area (Å²) in [6, 6.07) is -0.353. The molecule has 0 saturated carbocycles. The quantitative estimate of drug-likeness (QED) is 0.715. The van der Waals surface area contributed by atoms with E-state index in [1.165, 1.54) is 0 Å². The predicted molar refractivity (Wildman–Crippen MR) is 80.3 cm³/mol. The van der Waals surface area contributed by atoms with Crippen LogP contribution in [-0.4, -0.2) is 34.1 Å². The molecule has 0 radical (unpaired) electrons. The van der Waals surface area contributed by atoms with Gasteiger partial charge in [0.25, 0.3) is 0 Å². The molecule has 0 aliphatic carbocycles. The number of hydrogen-bond donors (Lipinski definition) is 3. The molecule has 1 aliphatic rings. The van der Waals surface area contributed by atoms with E-state index in [4.69, 9.17) is 4.52 Å². The first kappa shape index (κ1) is 14.8. The molecule has 7 heteroatoms. The highest BCUT2D eigenvalue weighted by Crippen LogP contribution is 2.19. The molecule has 7 nitrogen and oxygen atoms in total. The smallest absolute Gasteiger partial charge is 0.243 e. The Kier molecular flexibility index (Phi) is 4.24. The van der Waals surface area contributed by atoms with Crippen LogP contribution in [0.4, 0.5) is 0 Å². The predicted octanol–water partition coefficient (Wildman–Crippen LogP) is 0.950. The zero-order valence-electron chi connectivity index (χ0n) is 12.9. The maximum atomic E-state index is 12.3. The van der Waals surface area contributed by atoms with Crippen LogP contribution in [0.5, 0.6) is 0 Å². The molecule has 3 rings (SSSR count). The lowest BCUT2D eigenvalue weighted by Gasteiger charge is -2.22. The zero-order valence-corrected chi connectivity index (χ0v) is 12.9. The number of nitrogens with one attached hydrogen (secondary N) is 3. The van der Waals surface area contributed by atoms with Crippen LogP contribution in [0.15, 0.2) is 10.9 Å². The third kappa shape index (κ3) is 2.89. The molecule has 2 aromatic heterocycles. The van der Waals surface area contributed by atoms with E-state index in [9.17, 15) is 4.79 Å². The van der Waals surface area contributed by atoms with E-state index in [1.807, 2.05) is 13.8 Å². The fraction of sp³-hybridized carbons (Fsp3) is 0.533. The molecule has 3 N–H and O–H groups in total. The summed E-state index contributed by atoms with van der Waals surface area (Å²) in [6.07, 6.45) is 4.24. The third-order valence-corrected chi connectivity index (χ3v) is 4.09. The average Bonchev–Trinajstić information content (AvgIpc) is 3.11. The number of fused-ring (bicyclic) bond motifs is 1. The average molecular weight is 303 g/mol. The Bertz CT molecular complexity index is 641. The molecule has 1 aliphatic heterocycles. The lowest BCUT2D eigenvalue weighted by molar-refractivity contribution is -0.123. The molecule has 1 atom stereocenters. The summed E-state index contributed by atoms with van der Waals surface area (Å²) in [7, 11) is 0. The molecule has 0 saturated heterocycles. The van der Waals surface area contributed by atoms with Gasteiger partial charge < -0.3 is 20.1 Å². The van der Waals surface area contributed by atoms with E-state index < -0.39 is 0 Å². The highest BCUT2D eigenvalue weighted by atomic mass is 16.5. The molecule has 1 amide bonds. The van der Waals surface area contributed by atoms with Gasteiger partial charge in [0.2, 0.25) is 5.91 Å². The number of H-pyrrole nitrogens is 1. The van der Waals surface area contributed by atoms with Crippen molar-refractivity contribution < 1.29 is 9.32 Å². The molecular formula is C15H21N5O2. The Morgan fingerprint density at radius 2 is 2.36 bits per heavy atom. The fourth-order valence-electron chi connectivity index (χ4n) is 2.87. The summed E-state index contributed by atoms with van der Waals surface area (Å²) < 4.78 is 5.14. The van der Waals surface area contributed by atoms with Gasteiger partial charge in [0, 0.05) is 30.8 Å². The Hall–Kier alpha value is -2.15. The third-order valence-electron chi connectivity index (χ3n) is 4.09. The molecule has 0 bridgehead atoms. The first-order valence-electron chi connectivity index (χ1n) is 7.62. The van der Waals surface area contributed by atoms with Crippen molar-refractivity contribution in [2.75, 3.05) is 13.1 Å². The summed E-state index contributed by atoms with van der Waals surface area (Å²) in [4.78, 5) is 19.6. The highest BCUT2D eigenvalue weighted by molar-refractivity contribution is 5.83. The summed E-state index contributed by atoms with van der Waals surface area (Å²) in [5, 5.41) is 10.1. The summed E-state index contributed by atoms with van der Waals surface area (Å²) in [5.74, 6) is 0.839. The van der Waals surface area contributed by atoms with E-state index >= 15 is 0 Å². The lowest BCUT2D eigenvalue weighted by Crippen LogP contribution is -2.41. The normalized spacial score (nSPS) is 17.3. The van der Waals surface area contributed by atoms with Crippen LogP contribution in [0.1, 0.15) is 40.9 Å². The zero-order chi connectivity index (χ0) is 15.5. The van der Waals surface area contributed by atoms with Gasteiger partial charge in [-0.25, -0.2) is 4.98 Å². The van der Waals surface area contributed by atoms with Crippen LogP contribution in [0.3, 0.4) is 0 Å². The minimum absolute atomic E-state index is 0.0215. The van der Waals surface area contributed by atoms with Crippen molar-refractivity contribution in [1.29, 1.82) is 0 Å². The van der Waals surface area contributed by atoms with Gasteiger partial charge in [-0.05, 0) is 26.7 Å². The van der Waals surface area contributed by atoms with Gasteiger partial charge in [-0.3, -0.25) is 4.79 Å². The molecule has 0 unspecified atom stereocenters. The minimum Gasteiger partial charge on any atom is -0.361 e. The number of amides is 1. The number of nitrogens with zero attached hydrogens (tertiary/aromatic N) is 2. The van der Waals surface area contributed by atoms with Crippen LogP contribution in [-0.2, 0) is 17.6 Å². The van der Waals surface area contributed by atoms with E-state index in [-0.39, 0.29) is 11.9 Å². The minimum atomic E-state index is -0.353. The van der Waals surface area contributed by atoms with Crippen LogP contribution in [0, 0.1) is 13.8 Å². The Morgan fingerprint density at radius 1 is 1.50 bits per heavy atom. The van der Waals surface area contributed by atoms with Crippen molar-refractivity contribution in [3.63, 3.8) is 0 Å². The molecular weight excluding hydrogens is 282 g/mol. The van der Waals surface area contributed by atoms with Gasteiger partial charge in [-0.15, -0.1) is 0 Å². The molecule has 22 heavy (non-hydrogen) atoms. The standard InChI is InChI=1S/C15H21N5O2/c1-9-11(10(2)22-20-9)4-3-6-17-15(21)14-13-12(5-7-16-14)18-8-19-13/h8,14,16H,3-7H2,1-2H3,(H,17,21)(H,18,19)/t14-/m0/s1. The van der Waals surface area contributed by atoms with Gasteiger partial charge >= 0.3 is 0 Å². The van der Waals surface area contributed by atoms with Crippen LogP contribution >= 0.6 is 0 Å². The highest BCUT2D eigenvalue weighted by Gasteiger charge is 2.27. The first-order chi connectivity index (χ1) is 10.7. The molecule has 0 aromatic carbocycles. The van der Waals surface area contributed by atoms with Crippen LogP contribution in [0.2, 0.25) is 0 Å². The maximum absolute atomic E-state index is 12.3. The molecule has 0 fully saturated rings. The number of rotatable bonds is 5. The largest absolute Gasteiger partial charge is 0.361 e. The lowest BCUT2D eigenvalue weighted by atomic mass is 10.0. The first-order valence-corrected chi connectivity index (χ1v) is 7.62. The second kappa shape index (κ2) is 6.31. The summed E-state index contributed by atoms with van der Waals surface area (Å²) in [5.41, 5.74) is 3.93. The summed E-state index contributed by atoms with van der Waals surface area (Å²) >= 11 is 0. The van der Waals surface area contributed by atoms with Gasteiger partial charge in [-0.1, -0.05) is 5.16 Å². The number of aromatic amines is 1. The second-order valence-electron chi connectivity index (χ2n) is 5.60. The van der Waals surface area contributed by atoms with E-state index in [0.717, 1.165) is 54.2 Å². The van der Waals surface area contributed by atoms with Crippen molar-refractivity contribution in [1.82, 2.24) is 25.8 Å². The second-order valence-corrected chi connectivity index (χ2v) is 5.60. The van der Waals surface area contributed by atoms with E-state index in [1.54, 1.807) is 6.33 Å². The Morgan fingerprint density at radius 3 is 3.14 bits per heavy atom. The van der Waals surface area contributed by atoms with Crippen molar-refractivity contribution >= 4 is 5.91 Å². The number of hydrogen-bond acceptors (Lipinski definition) is 5. The number of imidazole rings is 1. The van der Waals surface area contributed by atoms with Crippen LogP contribution < -0.4 is 10.6 Å². The van der Waals surface area contributed by atoms with Gasteiger partial charge in [0.1, 0.15) is 11.8 Å². The number of aromatic nitrogens is 3. The SMILES string of the molecule is Cc1noc(C)c1CCCNC(=O)[C@H]1NCCc2[nH]cnc21. The topological polar surface area (TPSA) is 95.8 Å². The number of carbonyl (C=O) groups excluding carboxylic acids is 1. The number of aryl methyl sites for hydroxylation is 2. The van der Waals surface area contributed by atoms with E-state index in [0.29, 0.717) is 6.54 Å². The van der Waals surface area contributed by atoms with E-state index in [2.05, 4.69) is 25.8 Å². The van der Waals surface area contributed by atoms with Crippen molar-refractivity contribution in [3.05, 3.63) is 34.7 Å². The Labute approximate surface area is 128 Å². The molecule has 3 heterocycles. The van der Waals surface area contributed by atoms with Crippen molar-refractivity contribution in [2.24, 2.45) is 0 Å². The monoisotopic (exact) mass is 303 g/mol. The van der Waals surface area contributed by atoms with Gasteiger partial charge in [0.15, 0.2) is 0 Å². The van der Waals surface area contributed by atoms with Gasteiger partial charge in [-0.2, -0.15) is 0 Å². The molecule has 118 valence electrons. The molecule has 2 aromatic rings. The summed E-state index contributed by atoms with van der Waals surface area (Å²) in [6.45, 7) is 5.27. The van der Waals surface area contributed by atoms with Crippen molar-refractivity contribution in [2.45, 2.75) is 39.2 Å². The fourth-order valence-corrected chi connectivity index (χ4v) is 2.87. The Balaban J connectivity index is 1.50.